The highest BCUT2D eigenvalue weighted by Gasteiger charge is 2.06. The largest absolute Gasteiger partial charge is 0.398 e. The maximum Gasteiger partial charge on any atom is 0.0726 e. The lowest BCUT2D eigenvalue weighted by molar-refractivity contribution is 1.24. The highest BCUT2D eigenvalue weighted by molar-refractivity contribution is 5.94. The summed E-state index contributed by atoms with van der Waals surface area (Å²) >= 11 is 0. The Morgan fingerprint density at radius 3 is 2.58 bits per heavy atom. The molecule has 0 saturated heterocycles. The lowest BCUT2D eigenvalue weighted by Gasteiger charge is -2.08. The highest BCUT2D eigenvalue weighted by atomic mass is 14.7. The number of anilines is 1. The zero-order valence-corrected chi connectivity index (χ0v) is 11.3. The molecule has 2 N–H and O–H groups in total. The van der Waals surface area contributed by atoms with Gasteiger partial charge in [-0.25, -0.2) is 0 Å². The third kappa shape index (κ3) is 2.91. The fourth-order valence-electron chi connectivity index (χ4n) is 1.98. The monoisotopic (exact) mass is 250 g/mol. The standard InChI is InChI=1S/C17H18N2/c1-3-4-5-6-7-10-14-13(2)19-16-12-9-8-11-15(16)17(14)18/h3-12H,1-2H3,(H2,18,19)/b4-3-,6-5-,10-7+. The summed E-state index contributed by atoms with van der Waals surface area (Å²) in [4.78, 5) is 4.58. The molecule has 0 unspecified atom stereocenters. The number of aromatic nitrogens is 1. The molecule has 2 nitrogen and oxygen atoms in total. The minimum atomic E-state index is 0.791. The average Bonchev–Trinajstić information content (AvgIpc) is 2.42. The van der Waals surface area contributed by atoms with Gasteiger partial charge in [0.15, 0.2) is 0 Å². The quantitative estimate of drug-likeness (QED) is 0.826. The molecule has 1 aromatic carbocycles. The number of hydrogen-bond donors (Lipinski definition) is 1. The molecule has 0 saturated carbocycles. The molecule has 0 spiro atoms. The van der Waals surface area contributed by atoms with Crippen LogP contribution in [0.3, 0.4) is 0 Å². The number of hydrogen-bond acceptors (Lipinski definition) is 2. The van der Waals surface area contributed by atoms with E-state index in [9.17, 15) is 0 Å². The van der Waals surface area contributed by atoms with Gasteiger partial charge in [0, 0.05) is 16.6 Å². The van der Waals surface area contributed by atoms with Gasteiger partial charge in [0.25, 0.3) is 0 Å². The highest BCUT2D eigenvalue weighted by Crippen LogP contribution is 2.26. The molecule has 0 aliphatic rings. The Bertz CT molecular complexity index is 664. The van der Waals surface area contributed by atoms with E-state index < -0.39 is 0 Å². The minimum absolute atomic E-state index is 0.791. The Balaban J connectivity index is 2.43. The van der Waals surface area contributed by atoms with Crippen molar-refractivity contribution in [3.8, 4) is 0 Å². The van der Waals surface area contributed by atoms with Gasteiger partial charge in [-0.1, -0.05) is 54.7 Å². The molecule has 0 aliphatic carbocycles. The molecule has 0 amide bonds. The summed E-state index contributed by atoms with van der Waals surface area (Å²) < 4.78 is 0. The van der Waals surface area contributed by atoms with Crippen LogP contribution < -0.4 is 5.73 Å². The van der Waals surface area contributed by atoms with E-state index in [2.05, 4.69) is 4.98 Å². The lowest BCUT2D eigenvalue weighted by atomic mass is 10.1. The molecule has 19 heavy (non-hydrogen) atoms. The first kappa shape index (κ1) is 13.1. The number of nitrogens with zero attached hydrogens (tertiary/aromatic N) is 1. The first-order valence-electron chi connectivity index (χ1n) is 6.35. The Kier molecular flexibility index (Phi) is 4.14. The molecular formula is C17H18N2. The van der Waals surface area contributed by atoms with E-state index in [4.69, 9.17) is 5.73 Å². The number of nitrogen functional groups attached to an aromatic ring is 1. The van der Waals surface area contributed by atoms with Crippen LogP contribution in [0.4, 0.5) is 5.69 Å². The number of nitrogens with two attached hydrogens (primary N) is 1. The minimum Gasteiger partial charge on any atom is -0.398 e. The predicted octanol–water partition coefficient (Wildman–Crippen LogP) is 4.27. The van der Waals surface area contributed by atoms with E-state index in [-0.39, 0.29) is 0 Å². The summed E-state index contributed by atoms with van der Waals surface area (Å²) in [5.41, 5.74) is 9.91. The van der Waals surface area contributed by atoms with E-state index in [1.54, 1.807) is 0 Å². The first-order chi connectivity index (χ1) is 9.24. The van der Waals surface area contributed by atoms with Crippen LogP contribution in [0.5, 0.6) is 0 Å². The van der Waals surface area contributed by atoms with Gasteiger partial charge < -0.3 is 5.73 Å². The van der Waals surface area contributed by atoms with Crippen molar-refractivity contribution in [3.63, 3.8) is 0 Å². The molecule has 0 aliphatic heterocycles. The van der Waals surface area contributed by atoms with Gasteiger partial charge >= 0.3 is 0 Å². The van der Waals surface area contributed by atoms with Crippen molar-refractivity contribution in [2.75, 3.05) is 5.73 Å². The third-order valence-electron chi connectivity index (χ3n) is 2.95. The number of pyridine rings is 1. The zero-order chi connectivity index (χ0) is 13.7. The van der Waals surface area contributed by atoms with Crippen LogP contribution in [-0.2, 0) is 0 Å². The number of fused-ring (bicyclic) bond motifs is 1. The summed E-state index contributed by atoms with van der Waals surface area (Å²) in [6.45, 7) is 3.97. The smallest absolute Gasteiger partial charge is 0.0726 e. The molecule has 1 aromatic heterocycles. The number of para-hydroxylation sites is 1. The van der Waals surface area contributed by atoms with E-state index in [0.29, 0.717) is 0 Å². The van der Waals surface area contributed by atoms with Crippen LogP contribution in [-0.4, -0.2) is 4.98 Å². The fraction of sp³-hybridized carbons (Fsp3) is 0.118. The molecule has 0 fully saturated rings. The van der Waals surface area contributed by atoms with Gasteiger partial charge in [0.05, 0.1) is 11.2 Å². The van der Waals surface area contributed by atoms with Crippen LogP contribution in [0.2, 0.25) is 0 Å². The topological polar surface area (TPSA) is 38.9 Å². The maximum atomic E-state index is 6.23. The van der Waals surface area contributed by atoms with Gasteiger partial charge in [-0.15, -0.1) is 0 Å². The van der Waals surface area contributed by atoms with Gasteiger partial charge in [0.2, 0.25) is 0 Å². The van der Waals surface area contributed by atoms with E-state index in [0.717, 1.165) is 27.8 Å². The van der Waals surface area contributed by atoms with Crippen LogP contribution in [0.25, 0.3) is 17.0 Å². The van der Waals surface area contributed by atoms with Gasteiger partial charge in [-0.2, -0.15) is 0 Å². The first-order valence-corrected chi connectivity index (χ1v) is 6.35. The van der Waals surface area contributed by atoms with E-state index in [1.807, 2.05) is 74.6 Å². The van der Waals surface area contributed by atoms with Crippen molar-refractivity contribution in [2.45, 2.75) is 13.8 Å². The van der Waals surface area contributed by atoms with Crippen molar-refractivity contribution in [1.82, 2.24) is 4.98 Å². The molecular weight excluding hydrogens is 232 g/mol. The van der Waals surface area contributed by atoms with Crippen molar-refractivity contribution in [3.05, 3.63) is 65.9 Å². The number of aryl methyl sites for hydroxylation is 1. The fourth-order valence-corrected chi connectivity index (χ4v) is 1.98. The predicted molar refractivity (Wildman–Crippen MR) is 83.9 cm³/mol. The molecule has 0 bridgehead atoms. The van der Waals surface area contributed by atoms with Crippen molar-refractivity contribution in [2.24, 2.45) is 0 Å². The van der Waals surface area contributed by atoms with Crippen molar-refractivity contribution >= 4 is 22.7 Å². The maximum absolute atomic E-state index is 6.23. The molecule has 0 radical (unpaired) electrons. The zero-order valence-electron chi connectivity index (χ0n) is 11.3. The molecule has 2 rings (SSSR count). The summed E-state index contributed by atoms with van der Waals surface area (Å²) in [6.07, 6.45) is 11.9. The van der Waals surface area contributed by atoms with Gasteiger partial charge in [-0.3, -0.25) is 4.98 Å². The summed E-state index contributed by atoms with van der Waals surface area (Å²) in [5.74, 6) is 0. The Morgan fingerprint density at radius 2 is 1.79 bits per heavy atom. The molecule has 2 aromatic rings. The van der Waals surface area contributed by atoms with Crippen molar-refractivity contribution in [1.29, 1.82) is 0 Å². The van der Waals surface area contributed by atoms with Crippen molar-refractivity contribution < 1.29 is 0 Å². The third-order valence-corrected chi connectivity index (χ3v) is 2.95. The SMILES string of the molecule is C\C=C/C=C\C=C\c1c(C)nc2ccccc2c1N. The Labute approximate surface area is 114 Å². The number of benzene rings is 1. The van der Waals surface area contributed by atoms with Crippen LogP contribution in [0.1, 0.15) is 18.2 Å². The number of rotatable bonds is 3. The number of allylic oxidation sites excluding steroid dienone is 5. The van der Waals surface area contributed by atoms with Gasteiger partial charge in [0.1, 0.15) is 0 Å². The second-order valence-electron chi connectivity index (χ2n) is 4.31. The second kappa shape index (κ2) is 6.01. The lowest BCUT2D eigenvalue weighted by Crippen LogP contribution is -1.97. The molecule has 1 heterocycles. The summed E-state index contributed by atoms with van der Waals surface area (Å²) in [6, 6.07) is 7.95. The van der Waals surface area contributed by atoms with E-state index >= 15 is 0 Å². The summed E-state index contributed by atoms with van der Waals surface area (Å²) in [7, 11) is 0. The molecule has 96 valence electrons. The Morgan fingerprint density at radius 1 is 1.05 bits per heavy atom. The van der Waals surface area contributed by atoms with Crippen LogP contribution in [0.15, 0.2) is 54.6 Å². The van der Waals surface area contributed by atoms with E-state index in [1.165, 1.54) is 0 Å². The summed E-state index contributed by atoms with van der Waals surface area (Å²) in [5, 5.41) is 1.00. The van der Waals surface area contributed by atoms with Crippen LogP contribution >= 0.6 is 0 Å². The molecule has 0 atom stereocenters. The van der Waals surface area contributed by atoms with Gasteiger partial charge in [-0.05, 0) is 19.9 Å². The Hall–Kier alpha value is -2.35. The van der Waals surface area contributed by atoms with Crippen LogP contribution in [0, 0.1) is 6.92 Å². The average molecular weight is 250 g/mol. The second-order valence-corrected chi connectivity index (χ2v) is 4.31. The molecule has 2 heteroatoms. The normalized spacial score (nSPS) is 12.3.